The third-order valence-corrected chi connectivity index (χ3v) is 2.55. The van der Waals surface area contributed by atoms with Crippen LogP contribution < -0.4 is 0 Å². The van der Waals surface area contributed by atoms with Crippen LogP contribution in [0.25, 0.3) is 0 Å². The van der Waals surface area contributed by atoms with Gasteiger partial charge in [-0.05, 0) is 26.0 Å². The molecule has 104 valence electrons. The lowest BCUT2D eigenvalue weighted by Crippen LogP contribution is -2.38. The first-order chi connectivity index (χ1) is 8.97. The number of hydrogen-bond donors (Lipinski definition) is 0. The van der Waals surface area contributed by atoms with Crippen molar-refractivity contribution in [1.29, 1.82) is 0 Å². The highest BCUT2D eigenvalue weighted by Crippen LogP contribution is 2.27. The number of rotatable bonds is 7. The lowest BCUT2D eigenvalue weighted by molar-refractivity contribution is -0.515. The Morgan fingerprint density at radius 3 is 2.63 bits per heavy atom. The van der Waals surface area contributed by atoms with E-state index in [2.05, 4.69) is 0 Å². The van der Waals surface area contributed by atoms with E-state index in [0.29, 0.717) is 0 Å². The number of esters is 1. The van der Waals surface area contributed by atoms with Crippen LogP contribution in [-0.4, -0.2) is 29.3 Å². The molecule has 0 amide bonds. The summed E-state index contributed by atoms with van der Waals surface area (Å²) in [4.78, 5) is 33.3. The molecule has 1 heterocycles. The summed E-state index contributed by atoms with van der Waals surface area (Å²) in [5.41, 5.74) is 0. The van der Waals surface area contributed by atoms with Crippen molar-refractivity contribution in [3.05, 3.63) is 34.3 Å². The molecule has 2 atom stereocenters. The maximum absolute atomic E-state index is 11.7. The summed E-state index contributed by atoms with van der Waals surface area (Å²) in [6.45, 7) is 2.90. The van der Waals surface area contributed by atoms with E-state index in [9.17, 15) is 19.7 Å². The molecule has 7 heteroatoms. The molecule has 0 aliphatic heterocycles. The topological polar surface area (TPSA) is 99.7 Å². The lowest BCUT2D eigenvalue weighted by Gasteiger charge is -2.16. The maximum Gasteiger partial charge on any atom is 0.382 e. The number of nitro groups is 1. The van der Waals surface area contributed by atoms with Gasteiger partial charge in [-0.25, -0.2) is 4.79 Å². The first-order valence-corrected chi connectivity index (χ1v) is 5.80. The second-order valence-corrected chi connectivity index (χ2v) is 4.01. The standard InChI is InChI=1S/C12H15NO6/c1-3-18-12(15)11(13(16)17)9(7-8(2)14)10-5-4-6-19-10/h4-6,9,11H,3,7H2,1-2H3. The first-order valence-electron chi connectivity index (χ1n) is 5.80. The number of ether oxygens (including phenoxy) is 1. The van der Waals surface area contributed by atoms with E-state index in [1.807, 2.05) is 0 Å². The van der Waals surface area contributed by atoms with Gasteiger partial charge in [0.25, 0.3) is 0 Å². The first kappa shape index (κ1) is 14.9. The second kappa shape index (κ2) is 6.67. The SMILES string of the molecule is CCOC(=O)C(C(CC(C)=O)c1ccco1)[N+](=O)[O-]. The molecule has 1 aromatic rings. The van der Waals surface area contributed by atoms with Gasteiger partial charge >= 0.3 is 12.0 Å². The van der Waals surface area contributed by atoms with E-state index < -0.39 is 22.9 Å². The van der Waals surface area contributed by atoms with Crippen LogP contribution in [0.4, 0.5) is 0 Å². The molecule has 7 nitrogen and oxygen atoms in total. The summed E-state index contributed by atoms with van der Waals surface area (Å²) in [6.07, 6.45) is 1.18. The zero-order valence-corrected chi connectivity index (χ0v) is 10.7. The maximum atomic E-state index is 11.7. The highest BCUT2D eigenvalue weighted by molar-refractivity contribution is 5.80. The van der Waals surface area contributed by atoms with Crippen molar-refractivity contribution in [3.63, 3.8) is 0 Å². The van der Waals surface area contributed by atoms with Crippen molar-refractivity contribution < 1.29 is 23.7 Å². The van der Waals surface area contributed by atoms with E-state index in [1.54, 1.807) is 13.0 Å². The molecular weight excluding hydrogens is 254 g/mol. The Bertz CT molecular complexity index is 453. The normalized spacial score (nSPS) is 13.6. The molecule has 0 saturated heterocycles. The van der Waals surface area contributed by atoms with E-state index >= 15 is 0 Å². The van der Waals surface area contributed by atoms with Crippen molar-refractivity contribution in [2.45, 2.75) is 32.2 Å². The van der Waals surface area contributed by atoms with Crippen LogP contribution in [-0.2, 0) is 14.3 Å². The number of hydrogen-bond acceptors (Lipinski definition) is 6. The number of carbonyl (C=O) groups excluding carboxylic acids is 2. The number of carbonyl (C=O) groups is 2. The fourth-order valence-corrected chi connectivity index (χ4v) is 1.80. The summed E-state index contributed by atoms with van der Waals surface area (Å²) in [5.74, 6) is -1.96. The molecule has 0 radical (unpaired) electrons. The van der Waals surface area contributed by atoms with Gasteiger partial charge in [0, 0.05) is 11.3 Å². The lowest BCUT2D eigenvalue weighted by atomic mass is 9.92. The zero-order chi connectivity index (χ0) is 14.4. The summed E-state index contributed by atoms with van der Waals surface area (Å²) in [5, 5.41) is 11.1. The Kier molecular flexibility index (Phi) is 5.23. The van der Waals surface area contributed by atoms with Crippen molar-refractivity contribution in [3.8, 4) is 0 Å². The smallest absolute Gasteiger partial charge is 0.382 e. The molecule has 0 spiro atoms. The molecule has 0 aliphatic carbocycles. The minimum atomic E-state index is -1.64. The fourth-order valence-electron chi connectivity index (χ4n) is 1.80. The van der Waals surface area contributed by atoms with Crippen LogP contribution in [0.2, 0.25) is 0 Å². The highest BCUT2D eigenvalue weighted by Gasteiger charge is 2.43. The van der Waals surface area contributed by atoms with Crippen LogP contribution in [0.5, 0.6) is 0 Å². The second-order valence-electron chi connectivity index (χ2n) is 4.01. The van der Waals surface area contributed by atoms with Crippen LogP contribution in [0, 0.1) is 10.1 Å². The minimum absolute atomic E-state index is 0.0358. The van der Waals surface area contributed by atoms with E-state index in [4.69, 9.17) is 9.15 Å². The van der Waals surface area contributed by atoms with Gasteiger partial charge in [0.2, 0.25) is 0 Å². The van der Waals surface area contributed by atoms with Gasteiger partial charge in [0.05, 0.1) is 12.9 Å². The Hall–Kier alpha value is -2.18. The van der Waals surface area contributed by atoms with Gasteiger partial charge in [0.15, 0.2) is 0 Å². The number of ketones is 1. The summed E-state index contributed by atoms with van der Waals surface area (Å²) in [6, 6.07) is 1.41. The average molecular weight is 269 g/mol. The summed E-state index contributed by atoms with van der Waals surface area (Å²) >= 11 is 0. The van der Waals surface area contributed by atoms with Gasteiger partial charge < -0.3 is 9.15 Å². The van der Waals surface area contributed by atoms with E-state index in [-0.39, 0.29) is 24.6 Å². The largest absolute Gasteiger partial charge is 0.469 e. The van der Waals surface area contributed by atoms with Crippen LogP contribution in [0.1, 0.15) is 31.9 Å². The number of furan rings is 1. The molecule has 0 saturated carbocycles. The molecule has 19 heavy (non-hydrogen) atoms. The Morgan fingerprint density at radius 2 is 2.21 bits per heavy atom. The Labute approximate surface area is 109 Å². The van der Waals surface area contributed by atoms with Crippen molar-refractivity contribution in [1.82, 2.24) is 0 Å². The fraction of sp³-hybridized carbons (Fsp3) is 0.500. The van der Waals surface area contributed by atoms with Crippen molar-refractivity contribution in [2.75, 3.05) is 6.61 Å². The van der Waals surface area contributed by atoms with Crippen molar-refractivity contribution in [2.24, 2.45) is 0 Å². The van der Waals surface area contributed by atoms with Gasteiger partial charge in [0.1, 0.15) is 17.5 Å². The Balaban J connectivity index is 3.07. The third-order valence-electron chi connectivity index (χ3n) is 2.55. The predicted molar refractivity (Wildman–Crippen MR) is 64.2 cm³/mol. The highest BCUT2D eigenvalue weighted by atomic mass is 16.6. The molecule has 2 unspecified atom stereocenters. The van der Waals surface area contributed by atoms with Crippen LogP contribution in [0.15, 0.2) is 22.8 Å². The molecule has 1 rings (SSSR count). The van der Waals surface area contributed by atoms with Gasteiger partial charge in [-0.2, -0.15) is 0 Å². The predicted octanol–water partition coefficient (Wildman–Crippen LogP) is 1.55. The van der Waals surface area contributed by atoms with Gasteiger partial charge in [-0.3, -0.25) is 14.9 Å². The molecule has 0 aromatic carbocycles. The molecular formula is C12H15NO6. The summed E-state index contributed by atoms with van der Waals surface area (Å²) < 4.78 is 9.78. The monoisotopic (exact) mass is 269 g/mol. The number of Topliss-reactive ketones (excluding diaryl/α,β-unsaturated/α-hetero) is 1. The third kappa shape index (κ3) is 3.90. The molecule has 0 aliphatic rings. The van der Waals surface area contributed by atoms with Crippen LogP contribution in [0.3, 0.4) is 0 Å². The molecule has 0 N–H and O–H groups in total. The zero-order valence-electron chi connectivity index (χ0n) is 10.7. The van der Waals surface area contributed by atoms with Gasteiger partial charge in [-0.15, -0.1) is 0 Å². The van der Waals surface area contributed by atoms with Crippen LogP contribution >= 0.6 is 0 Å². The Morgan fingerprint density at radius 1 is 1.53 bits per heavy atom. The minimum Gasteiger partial charge on any atom is -0.469 e. The van der Waals surface area contributed by atoms with Gasteiger partial charge in [-0.1, -0.05) is 0 Å². The average Bonchev–Trinajstić information content (AvgIpc) is 2.80. The molecule has 0 fully saturated rings. The molecule has 1 aromatic heterocycles. The number of nitrogens with zero attached hydrogens (tertiary/aromatic N) is 1. The molecule has 0 bridgehead atoms. The van der Waals surface area contributed by atoms with Crippen molar-refractivity contribution >= 4 is 11.8 Å². The summed E-state index contributed by atoms with van der Waals surface area (Å²) in [7, 11) is 0. The van der Waals surface area contributed by atoms with E-state index in [1.165, 1.54) is 19.3 Å². The van der Waals surface area contributed by atoms with E-state index in [0.717, 1.165) is 0 Å². The quantitative estimate of drug-likeness (QED) is 0.423.